The number of methoxy groups -OCH3 is 1. The Bertz CT molecular complexity index is 579. The van der Waals surface area contributed by atoms with Crippen LogP contribution in [0.5, 0.6) is 6.01 Å². The Morgan fingerprint density at radius 3 is 2.60 bits per heavy atom. The predicted molar refractivity (Wildman–Crippen MR) is 78.0 cm³/mol. The molecule has 2 rings (SSSR count). The summed E-state index contributed by atoms with van der Waals surface area (Å²) < 4.78 is 5.00. The number of hydrogen-bond donors (Lipinski definition) is 3. The van der Waals surface area contributed by atoms with Crippen LogP contribution < -0.4 is 21.3 Å². The van der Waals surface area contributed by atoms with Gasteiger partial charge in [-0.2, -0.15) is 15.0 Å². The van der Waals surface area contributed by atoms with E-state index in [1.165, 1.54) is 18.2 Å². The van der Waals surface area contributed by atoms with Gasteiger partial charge in [0, 0.05) is 5.69 Å². The lowest BCUT2D eigenvalue weighted by molar-refractivity contribution is 0.379. The molecule has 106 valence electrons. The zero-order valence-corrected chi connectivity index (χ0v) is 11.8. The molecule has 1 aromatic heterocycles. The van der Waals surface area contributed by atoms with Crippen LogP contribution >= 0.6 is 0 Å². The number of aromatic nitrogens is 3. The van der Waals surface area contributed by atoms with E-state index < -0.39 is 0 Å². The predicted octanol–water partition coefficient (Wildman–Crippen LogP) is 1.78. The van der Waals surface area contributed by atoms with E-state index in [0.717, 1.165) is 12.1 Å². The van der Waals surface area contributed by atoms with Crippen LogP contribution in [0.15, 0.2) is 18.2 Å². The van der Waals surface area contributed by atoms with E-state index in [1.54, 1.807) is 0 Å². The maximum atomic E-state index is 5.32. The third-order valence-electron chi connectivity index (χ3n) is 2.91. The Morgan fingerprint density at radius 2 is 1.95 bits per heavy atom. The second-order valence-corrected chi connectivity index (χ2v) is 4.23. The van der Waals surface area contributed by atoms with E-state index in [1.807, 2.05) is 6.07 Å². The van der Waals surface area contributed by atoms with Gasteiger partial charge in [0.05, 0.1) is 7.11 Å². The Hall–Kier alpha value is -2.41. The number of nitrogens with two attached hydrogens (primary N) is 1. The monoisotopic (exact) mass is 274 g/mol. The summed E-state index contributed by atoms with van der Waals surface area (Å²) in [6, 6.07) is 6.29. The second-order valence-electron chi connectivity index (χ2n) is 4.23. The number of nitrogen functional groups attached to an aromatic ring is 1. The molecule has 4 N–H and O–H groups in total. The van der Waals surface area contributed by atoms with Crippen LogP contribution in [0.1, 0.15) is 18.1 Å². The van der Waals surface area contributed by atoms with Crippen molar-refractivity contribution >= 4 is 17.6 Å². The average Bonchev–Trinajstić information content (AvgIpc) is 2.48. The minimum absolute atomic E-state index is 0.193. The molecule has 0 bridgehead atoms. The number of aryl methyl sites for hydroxylation is 2. The molecule has 0 aliphatic heterocycles. The molecule has 0 fully saturated rings. The van der Waals surface area contributed by atoms with Crippen LogP contribution in [-0.2, 0) is 6.42 Å². The van der Waals surface area contributed by atoms with E-state index in [4.69, 9.17) is 10.6 Å². The van der Waals surface area contributed by atoms with Crippen LogP contribution in [-0.4, -0.2) is 22.1 Å². The van der Waals surface area contributed by atoms with E-state index in [9.17, 15) is 0 Å². The Balaban J connectivity index is 2.29. The number of nitrogens with one attached hydrogen (secondary N) is 2. The molecule has 0 unspecified atom stereocenters. The minimum atomic E-state index is 0.193. The molecule has 2 aromatic rings. The van der Waals surface area contributed by atoms with Crippen molar-refractivity contribution in [3.63, 3.8) is 0 Å². The molecular weight excluding hydrogens is 256 g/mol. The van der Waals surface area contributed by atoms with Gasteiger partial charge in [-0.3, -0.25) is 5.43 Å². The summed E-state index contributed by atoms with van der Waals surface area (Å²) in [6.07, 6.45) is 0.970. The molecule has 0 radical (unpaired) electrons. The number of nitrogens with zero attached hydrogens (tertiary/aromatic N) is 3. The zero-order valence-electron chi connectivity index (χ0n) is 11.8. The van der Waals surface area contributed by atoms with Crippen LogP contribution in [0.4, 0.5) is 17.6 Å². The molecule has 0 amide bonds. The smallest absolute Gasteiger partial charge is 0.322 e. The summed E-state index contributed by atoms with van der Waals surface area (Å²) in [6.45, 7) is 4.21. The van der Waals surface area contributed by atoms with Crippen LogP contribution in [0, 0.1) is 6.92 Å². The summed E-state index contributed by atoms with van der Waals surface area (Å²) in [4.78, 5) is 12.2. The third kappa shape index (κ3) is 3.12. The molecule has 20 heavy (non-hydrogen) atoms. The van der Waals surface area contributed by atoms with Crippen molar-refractivity contribution in [2.24, 2.45) is 5.84 Å². The van der Waals surface area contributed by atoms with E-state index >= 15 is 0 Å². The summed E-state index contributed by atoms with van der Waals surface area (Å²) >= 11 is 0. The number of hydrogen-bond acceptors (Lipinski definition) is 7. The van der Waals surface area contributed by atoms with Gasteiger partial charge in [-0.1, -0.05) is 13.0 Å². The van der Waals surface area contributed by atoms with Crippen molar-refractivity contribution in [3.8, 4) is 6.01 Å². The molecule has 0 spiro atoms. The van der Waals surface area contributed by atoms with Gasteiger partial charge in [-0.25, -0.2) is 5.84 Å². The highest BCUT2D eigenvalue weighted by molar-refractivity contribution is 5.56. The van der Waals surface area contributed by atoms with Crippen molar-refractivity contribution in [1.82, 2.24) is 15.0 Å². The first-order valence-electron chi connectivity index (χ1n) is 6.29. The van der Waals surface area contributed by atoms with Crippen LogP contribution in [0.25, 0.3) is 0 Å². The summed E-state index contributed by atoms with van der Waals surface area (Å²) in [5.41, 5.74) is 5.81. The number of rotatable bonds is 5. The summed E-state index contributed by atoms with van der Waals surface area (Å²) in [5, 5.41) is 3.12. The fraction of sp³-hybridized carbons (Fsp3) is 0.308. The standard InChI is InChI=1S/C13H18N6O/c1-4-9-7-10(6-5-8(9)2)15-11-16-12(19-14)18-13(17-11)20-3/h5-7H,4,14H2,1-3H3,(H2,15,16,17,18,19). The van der Waals surface area contributed by atoms with Gasteiger partial charge >= 0.3 is 6.01 Å². The molecule has 7 heteroatoms. The third-order valence-corrected chi connectivity index (χ3v) is 2.91. The molecule has 0 saturated carbocycles. The average molecular weight is 274 g/mol. The molecule has 0 saturated heterocycles. The van der Waals surface area contributed by atoms with Crippen LogP contribution in [0.3, 0.4) is 0 Å². The molecule has 0 aliphatic carbocycles. The van der Waals surface area contributed by atoms with E-state index in [0.29, 0.717) is 5.95 Å². The molecule has 0 atom stereocenters. The fourth-order valence-electron chi connectivity index (χ4n) is 1.83. The van der Waals surface area contributed by atoms with E-state index in [-0.39, 0.29) is 12.0 Å². The van der Waals surface area contributed by atoms with Crippen molar-refractivity contribution in [1.29, 1.82) is 0 Å². The molecule has 0 aliphatic rings. The second kappa shape index (κ2) is 6.16. The highest BCUT2D eigenvalue weighted by atomic mass is 16.5. The normalized spacial score (nSPS) is 10.2. The summed E-state index contributed by atoms with van der Waals surface area (Å²) in [7, 11) is 1.49. The quantitative estimate of drug-likeness (QED) is 0.564. The van der Waals surface area contributed by atoms with Crippen molar-refractivity contribution in [2.45, 2.75) is 20.3 Å². The highest BCUT2D eigenvalue weighted by Crippen LogP contribution is 2.20. The summed E-state index contributed by atoms with van der Waals surface area (Å²) in [5.74, 6) is 5.92. The van der Waals surface area contributed by atoms with Gasteiger partial charge in [0.1, 0.15) is 0 Å². The topological polar surface area (TPSA) is 98.0 Å². The van der Waals surface area contributed by atoms with Gasteiger partial charge in [0.25, 0.3) is 0 Å². The Morgan fingerprint density at radius 1 is 1.20 bits per heavy atom. The lowest BCUT2D eigenvalue weighted by atomic mass is 10.1. The largest absolute Gasteiger partial charge is 0.467 e. The van der Waals surface area contributed by atoms with Crippen molar-refractivity contribution < 1.29 is 4.74 Å². The van der Waals surface area contributed by atoms with Crippen LogP contribution in [0.2, 0.25) is 0 Å². The molecular formula is C13H18N6O. The van der Waals surface area contributed by atoms with Gasteiger partial charge in [0.15, 0.2) is 0 Å². The maximum absolute atomic E-state index is 5.32. The molecule has 7 nitrogen and oxygen atoms in total. The highest BCUT2D eigenvalue weighted by Gasteiger charge is 2.07. The first kappa shape index (κ1) is 14.0. The first-order chi connectivity index (χ1) is 9.66. The number of hydrazine groups is 1. The SMILES string of the molecule is CCc1cc(Nc2nc(NN)nc(OC)n2)ccc1C. The Kier molecular flexibility index (Phi) is 4.31. The fourth-order valence-corrected chi connectivity index (χ4v) is 1.83. The Labute approximate surface area is 117 Å². The van der Waals surface area contributed by atoms with E-state index in [2.05, 4.69) is 51.7 Å². The van der Waals surface area contributed by atoms with Gasteiger partial charge < -0.3 is 10.1 Å². The van der Waals surface area contributed by atoms with Gasteiger partial charge in [0.2, 0.25) is 11.9 Å². The van der Waals surface area contributed by atoms with Crippen molar-refractivity contribution in [2.75, 3.05) is 17.9 Å². The first-order valence-corrected chi connectivity index (χ1v) is 6.29. The molecule has 1 aromatic carbocycles. The maximum Gasteiger partial charge on any atom is 0.322 e. The number of ether oxygens (including phenoxy) is 1. The van der Waals surface area contributed by atoms with Gasteiger partial charge in [-0.15, -0.1) is 0 Å². The zero-order chi connectivity index (χ0) is 14.5. The van der Waals surface area contributed by atoms with Crippen molar-refractivity contribution in [3.05, 3.63) is 29.3 Å². The van der Waals surface area contributed by atoms with Gasteiger partial charge in [-0.05, 0) is 36.6 Å². The lowest BCUT2D eigenvalue weighted by Crippen LogP contribution is -2.13. The lowest BCUT2D eigenvalue weighted by Gasteiger charge is -2.10. The number of anilines is 3. The molecule has 1 heterocycles. The minimum Gasteiger partial charge on any atom is -0.467 e. The number of benzene rings is 1.